The Morgan fingerprint density at radius 3 is 1.78 bits per heavy atom. The molecule has 0 saturated carbocycles. The smallest absolute Gasteiger partial charge is 0.471 e. The summed E-state index contributed by atoms with van der Waals surface area (Å²) in [5, 5.41) is 12.1. The molecule has 1 amide bonds. The SMILES string of the molecule is COc1ccc(C(OCC(CO)CCCCCCNC(=O)C(F)(F)F)(c2ccccc2)c2ccc(OC)cc2)cc1. The molecular formula is C32H38F3NO5. The number of aliphatic hydroxyl groups excluding tert-OH is 1. The largest absolute Gasteiger partial charge is 0.497 e. The second-order valence-corrected chi connectivity index (χ2v) is 9.82. The van der Waals surface area contributed by atoms with Gasteiger partial charge in [0.1, 0.15) is 17.1 Å². The summed E-state index contributed by atoms with van der Waals surface area (Å²) in [6.45, 7) is 0.178. The van der Waals surface area contributed by atoms with Gasteiger partial charge in [-0.2, -0.15) is 13.2 Å². The molecule has 222 valence electrons. The van der Waals surface area contributed by atoms with Gasteiger partial charge in [-0.25, -0.2) is 0 Å². The zero-order valence-corrected chi connectivity index (χ0v) is 23.5. The minimum atomic E-state index is -4.86. The Kier molecular flexibility index (Phi) is 12.0. The van der Waals surface area contributed by atoms with Crippen LogP contribution >= 0.6 is 0 Å². The average Bonchev–Trinajstić information content (AvgIpc) is 3.00. The third-order valence-corrected chi connectivity index (χ3v) is 7.05. The van der Waals surface area contributed by atoms with Crippen molar-refractivity contribution in [1.82, 2.24) is 5.32 Å². The molecule has 3 rings (SSSR count). The minimum absolute atomic E-state index is 0.0196. The zero-order chi connectivity index (χ0) is 29.7. The molecule has 41 heavy (non-hydrogen) atoms. The monoisotopic (exact) mass is 573 g/mol. The first kappa shape index (κ1) is 32.0. The van der Waals surface area contributed by atoms with E-state index in [4.69, 9.17) is 14.2 Å². The third-order valence-electron chi connectivity index (χ3n) is 7.05. The molecule has 3 aromatic rings. The summed E-state index contributed by atoms with van der Waals surface area (Å²) < 4.78 is 54.5. The summed E-state index contributed by atoms with van der Waals surface area (Å²) in [6, 6.07) is 25.3. The number of amides is 1. The van der Waals surface area contributed by atoms with Crippen molar-refractivity contribution in [3.63, 3.8) is 0 Å². The number of carbonyl (C=O) groups is 1. The molecule has 0 aliphatic heterocycles. The fourth-order valence-corrected chi connectivity index (χ4v) is 4.76. The van der Waals surface area contributed by atoms with Crippen LogP contribution in [0, 0.1) is 5.92 Å². The molecule has 1 unspecified atom stereocenters. The molecule has 0 fully saturated rings. The summed E-state index contributed by atoms with van der Waals surface area (Å²) in [6.07, 6.45) is -1.52. The van der Waals surface area contributed by atoms with Crippen LogP contribution in [-0.4, -0.2) is 51.2 Å². The standard InChI is InChI=1S/C32H38F3NO5/c1-39-28-17-13-26(14-18-28)31(25-11-7-5-8-12-25,27-15-19-29(40-2)20-16-27)41-23-24(22-37)10-6-3-4-9-21-36-30(38)32(33,34)35/h5,7-8,11-20,24,37H,3-4,6,9-10,21-23H2,1-2H3,(H,36,38). The molecule has 0 aliphatic rings. The number of hydrogen-bond donors (Lipinski definition) is 2. The summed E-state index contributed by atoms with van der Waals surface area (Å²) in [5.74, 6) is -0.626. The maximum atomic E-state index is 12.3. The van der Waals surface area contributed by atoms with E-state index in [-0.39, 0.29) is 25.7 Å². The van der Waals surface area contributed by atoms with Crippen LogP contribution in [0.1, 0.15) is 48.8 Å². The number of nitrogens with one attached hydrogen (secondary N) is 1. The van der Waals surface area contributed by atoms with E-state index in [2.05, 4.69) is 0 Å². The fourth-order valence-electron chi connectivity index (χ4n) is 4.76. The van der Waals surface area contributed by atoms with Gasteiger partial charge in [0.05, 0.1) is 20.8 Å². The van der Waals surface area contributed by atoms with Gasteiger partial charge >= 0.3 is 12.1 Å². The Bertz CT molecular complexity index is 1140. The van der Waals surface area contributed by atoms with Crippen LogP contribution in [0.25, 0.3) is 0 Å². The number of aliphatic hydroxyl groups is 1. The van der Waals surface area contributed by atoms with E-state index in [1.807, 2.05) is 84.2 Å². The number of rotatable bonds is 16. The lowest BCUT2D eigenvalue weighted by atomic mass is 9.79. The van der Waals surface area contributed by atoms with Gasteiger partial charge in [0, 0.05) is 19.1 Å². The Morgan fingerprint density at radius 1 is 0.780 bits per heavy atom. The van der Waals surface area contributed by atoms with E-state index >= 15 is 0 Å². The van der Waals surface area contributed by atoms with Gasteiger partial charge in [-0.3, -0.25) is 4.79 Å². The van der Waals surface area contributed by atoms with Crippen LogP contribution in [-0.2, 0) is 15.1 Å². The van der Waals surface area contributed by atoms with Crippen molar-refractivity contribution < 1.29 is 37.3 Å². The van der Waals surface area contributed by atoms with Gasteiger partial charge < -0.3 is 24.6 Å². The number of unbranched alkanes of at least 4 members (excludes halogenated alkanes) is 3. The van der Waals surface area contributed by atoms with E-state index in [1.54, 1.807) is 14.2 Å². The molecule has 0 aromatic heterocycles. The number of benzene rings is 3. The average molecular weight is 574 g/mol. The van der Waals surface area contributed by atoms with Gasteiger partial charge in [-0.1, -0.05) is 73.9 Å². The highest BCUT2D eigenvalue weighted by Crippen LogP contribution is 2.42. The topological polar surface area (TPSA) is 77.0 Å². The molecule has 2 N–H and O–H groups in total. The fraction of sp³-hybridized carbons (Fsp3) is 0.406. The number of ether oxygens (including phenoxy) is 3. The van der Waals surface area contributed by atoms with Crippen molar-refractivity contribution in [2.45, 2.75) is 43.9 Å². The van der Waals surface area contributed by atoms with Crippen molar-refractivity contribution in [3.8, 4) is 11.5 Å². The minimum Gasteiger partial charge on any atom is -0.497 e. The molecule has 0 spiro atoms. The maximum Gasteiger partial charge on any atom is 0.471 e. The second-order valence-electron chi connectivity index (χ2n) is 9.82. The van der Waals surface area contributed by atoms with Crippen LogP contribution < -0.4 is 14.8 Å². The second kappa shape index (κ2) is 15.4. The highest BCUT2D eigenvalue weighted by atomic mass is 19.4. The molecule has 0 saturated heterocycles. The van der Waals surface area contributed by atoms with Gasteiger partial charge in [-0.05, 0) is 53.8 Å². The summed E-state index contributed by atoms with van der Waals surface area (Å²) in [7, 11) is 3.23. The predicted octanol–water partition coefficient (Wildman–Crippen LogP) is 6.25. The summed E-state index contributed by atoms with van der Waals surface area (Å²) in [4.78, 5) is 10.9. The first-order chi connectivity index (χ1) is 19.7. The molecule has 3 aromatic carbocycles. The molecule has 0 aliphatic carbocycles. The van der Waals surface area contributed by atoms with Gasteiger partial charge in [-0.15, -0.1) is 0 Å². The van der Waals surface area contributed by atoms with E-state index < -0.39 is 17.7 Å². The van der Waals surface area contributed by atoms with E-state index in [9.17, 15) is 23.1 Å². The summed E-state index contributed by atoms with van der Waals surface area (Å²) in [5.41, 5.74) is 1.73. The number of alkyl halides is 3. The molecule has 9 heteroatoms. The van der Waals surface area contributed by atoms with Crippen LogP contribution in [0.3, 0.4) is 0 Å². The van der Waals surface area contributed by atoms with Crippen molar-refractivity contribution in [2.24, 2.45) is 5.92 Å². The van der Waals surface area contributed by atoms with E-state index in [0.29, 0.717) is 19.3 Å². The van der Waals surface area contributed by atoms with Crippen molar-refractivity contribution in [1.29, 1.82) is 0 Å². The van der Waals surface area contributed by atoms with E-state index in [0.717, 1.165) is 41.0 Å². The van der Waals surface area contributed by atoms with Crippen LogP contribution in [0.15, 0.2) is 78.9 Å². The Morgan fingerprint density at radius 2 is 1.29 bits per heavy atom. The normalized spacial score (nSPS) is 12.5. The number of methoxy groups -OCH3 is 2. The summed E-state index contributed by atoms with van der Waals surface area (Å²) >= 11 is 0. The van der Waals surface area contributed by atoms with Crippen molar-refractivity contribution in [3.05, 3.63) is 95.6 Å². The van der Waals surface area contributed by atoms with E-state index in [1.165, 1.54) is 0 Å². The zero-order valence-electron chi connectivity index (χ0n) is 23.5. The third kappa shape index (κ3) is 8.71. The lowest BCUT2D eigenvalue weighted by Gasteiger charge is -2.37. The highest BCUT2D eigenvalue weighted by Gasteiger charge is 2.39. The highest BCUT2D eigenvalue weighted by molar-refractivity contribution is 5.81. The van der Waals surface area contributed by atoms with Crippen LogP contribution in [0.2, 0.25) is 0 Å². The van der Waals surface area contributed by atoms with Crippen LogP contribution in [0.4, 0.5) is 13.2 Å². The lowest BCUT2D eigenvalue weighted by molar-refractivity contribution is -0.173. The Balaban J connectivity index is 1.75. The van der Waals surface area contributed by atoms with Crippen LogP contribution in [0.5, 0.6) is 11.5 Å². The maximum absolute atomic E-state index is 12.3. The Hall–Kier alpha value is -3.56. The molecular weight excluding hydrogens is 535 g/mol. The van der Waals surface area contributed by atoms with Gasteiger partial charge in [0.2, 0.25) is 0 Å². The molecule has 1 atom stereocenters. The van der Waals surface area contributed by atoms with Gasteiger partial charge in [0.15, 0.2) is 0 Å². The molecule has 0 radical (unpaired) electrons. The van der Waals surface area contributed by atoms with Gasteiger partial charge in [0.25, 0.3) is 0 Å². The van der Waals surface area contributed by atoms with Crippen molar-refractivity contribution in [2.75, 3.05) is 34.0 Å². The van der Waals surface area contributed by atoms with Crippen molar-refractivity contribution >= 4 is 5.91 Å². The number of halogens is 3. The number of carbonyl (C=O) groups excluding carboxylic acids is 1. The molecule has 0 heterocycles. The number of hydrogen-bond acceptors (Lipinski definition) is 5. The lowest BCUT2D eigenvalue weighted by Crippen LogP contribution is -2.37. The first-order valence-electron chi connectivity index (χ1n) is 13.7. The quantitative estimate of drug-likeness (QED) is 0.157. The Labute approximate surface area is 239 Å². The molecule has 6 nitrogen and oxygen atoms in total. The molecule has 0 bridgehead atoms. The predicted molar refractivity (Wildman–Crippen MR) is 151 cm³/mol. The first-order valence-corrected chi connectivity index (χ1v) is 13.7.